The Morgan fingerprint density at radius 1 is 1.20 bits per heavy atom. The molecule has 0 saturated heterocycles. The molecule has 90 valence electrons. The molecule has 2 heteroatoms. The Bertz CT molecular complexity index is 160. The lowest BCUT2D eigenvalue weighted by Crippen LogP contribution is -2.37. The van der Waals surface area contributed by atoms with Gasteiger partial charge in [-0.15, -0.1) is 0 Å². The molecule has 0 aromatic rings. The molecule has 0 amide bonds. The highest BCUT2D eigenvalue weighted by atomic mass is 15.1. The first-order valence-corrected chi connectivity index (χ1v) is 6.57. The summed E-state index contributed by atoms with van der Waals surface area (Å²) in [6, 6.07) is 1.49. The average Bonchev–Trinajstić information content (AvgIpc) is 2.26. The van der Waals surface area contributed by atoms with Crippen molar-refractivity contribution in [3.05, 3.63) is 0 Å². The number of nitrogens with zero attached hydrogens (tertiary/aromatic N) is 1. The van der Waals surface area contributed by atoms with E-state index in [9.17, 15) is 0 Å². The van der Waals surface area contributed by atoms with Gasteiger partial charge in [0.05, 0.1) is 0 Å². The number of hydrogen-bond donors (Lipinski definition) is 1. The molecule has 2 nitrogen and oxygen atoms in total. The van der Waals surface area contributed by atoms with Gasteiger partial charge in [-0.25, -0.2) is 0 Å². The molecule has 0 heterocycles. The van der Waals surface area contributed by atoms with E-state index in [1.54, 1.807) is 0 Å². The fourth-order valence-corrected chi connectivity index (χ4v) is 2.45. The maximum Gasteiger partial charge on any atom is 0.00923 e. The summed E-state index contributed by atoms with van der Waals surface area (Å²) in [6.45, 7) is 9.14. The van der Waals surface area contributed by atoms with Gasteiger partial charge < -0.3 is 10.2 Å². The zero-order valence-electron chi connectivity index (χ0n) is 10.9. The van der Waals surface area contributed by atoms with Crippen molar-refractivity contribution in [3.63, 3.8) is 0 Å². The smallest absolute Gasteiger partial charge is 0.00923 e. The van der Waals surface area contributed by atoms with E-state index < -0.39 is 0 Å². The van der Waals surface area contributed by atoms with Crippen molar-refractivity contribution >= 4 is 0 Å². The van der Waals surface area contributed by atoms with Crippen LogP contribution >= 0.6 is 0 Å². The minimum absolute atomic E-state index is 0.640. The van der Waals surface area contributed by atoms with Crippen LogP contribution in [0.15, 0.2) is 0 Å². The maximum absolute atomic E-state index is 3.56. The standard InChI is InChI=1S/C13H28N2/c1-5-15(4)13-8-6-12(7-9-13)10-14-11(2)3/h11-14H,5-10H2,1-4H3/t12-,13-. The van der Waals surface area contributed by atoms with Crippen LogP contribution in [-0.2, 0) is 0 Å². The van der Waals surface area contributed by atoms with E-state index in [2.05, 4.69) is 38.0 Å². The van der Waals surface area contributed by atoms with E-state index >= 15 is 0 Å². The second kappa shape index (κ2) is 6.49. The second-order valence-electron chi connectivity index (χ2n) is 5.31. The Morgan fingerprint density at radius 3 is 2.27 bits per heavy atom. The van der Waals surface area contributed by atoms with Gasteiger partial charge >= 0.3 is 0 Å². The van der Waals surface area contributed by atoms with E-state index in [1.807, 2.05) is 0 Å². The van der Waals surface area contributed by atoms with Gasteiger partial charge in [-0.3, -0.25) is 0 Å². The SMILES string of the molecule is CCN(C)[C@H]1CC[C@H](CNC(C)C)CC1. The lowest BCUT2D eigenvalue weighted by Gasteiger charge is -2.34. The molecule has 0 bridgehead atoms. The van der Waals surface area contributed by atoms with Crippen LogP contribution in [0.3, 0.4) is 0 Å². The third kappa shape index (κ3) is 4.52. The third-order valence-corrected chi connectivity index (χ3v) is 3.75. The summed E-state index contributed by atoms with van der Waals surface area (Å²) in [5.41, 5.74) is 0. The normalized spacial score (nSPS) is 27.6. The van der Waals surface area contributed by atoms with E-state index in [0.717, 1.165) is 12.0 Å². The molecule has 1 rings (SSSR count). The first kappa shape index (κ1) is 13.0. The van der Waals surface area contributed by atoms with Crippen LogP contribution in [0.1, 0.15) is 46.5 Å². The first-order chi connectivity index (χ1) is 7.13. The summed E-state index contributed by atoms with van der Waals surface area (Å²) in [6.07, 6.45) is 5.62. The molecule has 0 atom stereocenters. The minimum Gasteiger partial charge on any atom is -0.314 e. The van der Waals surface area contributed by atoms with Crippen molar-refractivity contribution in [2.45, 2.75) is 58.5 Å². The van der Waals surface area contributed by atoms with Gasteiger partial charge in [0.1, 0.15) is 0 Å². The predicted molar refractivity (Wildman–Crippen MR) is 67.2 cm³/mol. The summed E-state index contributed by atoms with van der Waals surface area (Å²) in [5, 5.41) is 3.56. The monoisotopic (exact) mass is 212 g/mol. The summed E-state index contributed by atoms with van der Waals surface area (Å²) < 4.78 is 0. The van der Waals surface area contributed by atoms with Crippen molar-refractivity contribution < 1.29 is 0 Å². The number of rotatable bonds is 5. The van der Waals surface area contributed by atoms with Crippen molar-refractivity contribution in [3.8, 4) is 0 Å². The lowest BCUT2D eigenvalue weighted by atomic mass is 9.85. The van der Waals surface area contributed by atoms with Gasteiger partial charge in [0.25, 0.3) is 0 Å². The molecular weight excluding hydrogens is 184 g/mol. The maximum atomic E-state index is 3.56. The van der Waals surface area contributed by atoms with Crippen LogP contribution in [0.4, 0.5) is 0 Å². The Balaban J connectivity index is 2.18. The Hall–Kier alpha value is -0.0800. The van der Waals surface area contributed by atoms with Gasteiger partial charge in [-0.2, -0.15) is 0 Å². The molecule has 0 radical (unpaired) electrons. The summed E-state index contributed by atoms with van der Waals surface area (Å²) in [7, 11) is 2.26. The van der Waals surface area contributed by atoms with Crippen LogP contribution in [0, 0.1) is 5.92 Å². The topological polar surface area (TPSA) is 15.3 Å². The van der Waals surface area contributed by atoms with Crippen LogP contribution in [0.25, 0.3) is 0 Å². The Labute approximate surface area is 95.4 Å². The number of nitrogens with one attached hydrogen (secondary N) is 1. The molecule has 0 spiro atoms. The van der Waals surface area contributed by atoms with Crippen LogP contribution < -0.4 is 5.32 Å². The first-order valence-electron chi connectivity index (χ1n) is 6.57. The fourth-order valence-electron chi connectivity index (χ4n) is 2.45. The fraction of sp³-hybridized carbons (Fsp3) is 1.00. The highest BCUT2D eigenvalue weighted by molar-refractivity contribution is 4.79. The molecule has 0 aromatic carbocycles. The van der Waals surface area contributed by atoms with Crippen LogP contribution in [-0.4, -0.2) is 37.1 Å². The highest BCUT2D eigenvalue weighted by Crippen LogP contribution is 2.26. The van der Waals surface area contributed by atoms with Crippen molar-refractivity contribution in [1.82, 2.24) is 10.2 Å². The molecule has 1 aliphatic rings. The predicted octanol–water partition coefficient (Wildman–Crippen LogP) is 2.49. The molecule has 0 unspecified atom stereocenters. The van der Waals surface area contributed by atoms with E-state index in [1.165, 1.54) is 38.8 Å². The highest BCUT2D eigenvalue weighted by Gasteiger charge is 2.22. The van der Waals surface area contributed by atoms with E-state index in [4.69, 9.17) is 0 Å². The Morgan fingerprint density at radius 2 is 1.80 bits per heavy atom. The molecule has 15 heavy (non-hydrogen) atoms. The van der Waals surface area contributed by atoms with Crippen molar-refractivity contribution in [2.24, 2.45) is 5.92 Å². The summed E-state index contributed by atoms with van der Waals surface area (Å²) in [4.78, 5) is 2.51. The third-order valence-electron chi connectivity index (χ3n) is 3.75. The van der Waals surface area contributed by atoms with Gasteiger partial charge in [-0.1, -0.05) is 20.8 Å². The minimum atomic E-state index is 0.640. The molecule has 1 aliphatic carbocycles. The molecular formula is C13H28N2. The molecule has 1 fully saturated rings. The summed E-state index contributed by atoms with van der Waals surface area (Å²) in [5.74, 6) is 0.925. The van der Waals surface area contributed by atoms with Crippen molar-refractivity contribution in [2.75, 3.05) is 20.1 Å². The zero-order chi connectivity index (χ0) is 11.3. The van der Waals surface area contributed by atoms with Crippen molar-refractivity contribution in [1.29, 1.82) is 0 Å². The average molecular weight is 212 g/mol. The van der Waals surface area contributed by atoms with Gasteiger partial charge in [0.2, 0.25) is 0 Å². The van der Waals surface area contributed by atoms with Crippen LogP contribution in [0.2, 0.25) is 0 Å². The molecule has 1 saturated carbocycles. The second-order valence-corrected chi connectivity index (χ2v) is 5.31. The lowest BCUT2D eigenvalue weighted by molar-refractivity contribution is 0.169. The molecule has 1 N–H and O–H groups in total. The van der Waals surface area contributed by atoms with E-state index in [-0.39, 0.29) is 0 Å². The molecule has 0 aliphatic heterocycles. The number of hydrogen-bond acceptors (Lipinski definition) is 2. The Kier molecular flexibility index (Phi) is 5.62. The van der Waals surface area contributed by atoms with Gasteiger partial charge in [0, 0.05) is 12.1 Å². The van der Waals surface area contributed by atoms with Crippen LogP contribution in [0.5, 0.6) is 0 Å². The summed E-state index contributed by atoms with van der Waals surface area (Å²) >= 11 is 0. The zero-order valence-corrected chi connectivity index (χ0v) is 10.9. The quantitative estimate of drug-likeness (QED) is 0.753. The van der Waals surface area contributed by atoms with Gasteiger partial charge in [0.15, 0.2) is 0 Å². The molecule has 0 aromatic heterocycles. The van der Waals surface area contributed by atoms with Gasteiger partial charge in [-0.05, 0) is 51.7 Å². The van der Waals surface area contributed by atoms with E-state index in [0.29, 0.717) is 6.04 Å². The largest absolute Gasteiger partial charge is 0.314 e.